The molecule has 0 atom stereocenters. The van der Waals surface area contributed by atoms with Gasteiger partial charge in [-0.3, -0.25) is 4.79 Å². The molecule has 0 radical (unpaired) electrons. The van der Waals surface area contributed by atoms with Gasteiger partial charge in [0.15, 0.2) is 6.29 Å². The van der Waals surface area contributed by atoms with Gasteiger partial charge in [0.25, 0.3) is 0 Å². The van der Waals surface area contributed by atoms with Gasteiger partial charge < -0.3 is 14.0 Å². The van der Waals surface area contributed by atoms with Gasteiger partial charge >= 0.3 is 0 Å². The second kappa shape index (κ2) is 7.53. The van der Waals surface area contributed by atoms with E-state index in [9.17, 15) is 4.79 Å². The van der Waals surface area contributed by atoms with Crippen molar-refractivity contribution >= 4 is 33.1 Å². The summed E-state index contributed by atoms with van der Waals surface area (Å²) in [5, 5.41) is 0.911. The van der Waals surface area contributed by atoms with Crippen LogP contribution in [0.4, 0.5) is 0 Å². The van der Waals surface area contributed by atoms with E-state index in [0.717, 1.165) is 47.2 Å². The fourth-order valence-electron chi connectivity index (χ4n) is 2.86. The number of rotatable bonds is 7. The Bertz CT molecular complexity index is 857. The molecule has 0 saturated carbocycles. The molecule has 24 heavy (non-hydrogen) atoms. The third-order valence-corrected chi connectivity index (χ3v) is 4.28. The van der Waals surface area contributed by atoms with E-state index in [2.05, 4.69) is 26.6 Å². The van der Waals surface area contributed by atoms with Crippen LogP contribution in [0.1, 0.15) is 15.9 Å². The number of ether oxygens (including phenoxy) is 2. The third kappa shape index (κ3) is 3.31. The van der Waals surface area contributed by atoms with E-state index in [1.807, 2.05) is 42.6 Å². The molecule has 0 aliphatic heterocycles. The minimum Gasteiger partial charge on any atom is -0.497 e. The maximum atomic E-state index is 11.4. The fourth-order valence-corrected chi connectivity index (χ4v) is 3.11. The van der Waals surface area contributed by atoms with Crippen molar-refractivity contribution in [2.75, 3.05) is 12.6 Å². The van der Waals surface area contributed by atoms with Gasteiger partial charge in [-0.15, -0.1) is 0 Å². The van der Waals surface area contributed by atoms with Crippen LogP contribution >= 0.6 is 15.9 Å². The first-order chi connectivity index (χ1) is 11.8. The molecule has 0 N–H and O–H groups in total. The molecule has 0 bridgehead atoms. The SMILES string of the molecule is COc1ccc2c(c1)c(C=O)cn2CCc1ccccc1OCBr. The summed E-state index contributed by atoms with van der Waals surface area (Å²) in [5.41, 5.74) is 3.30. The van der Waals surface area contributed by atoms with Crippen molar-refractivity contribution < 1.29 is 14.3 Å². The first-order valence-electron chi connectivity index (χ1n) is 7.65. The van der Waals surface area contributed by atoms with Gasteiger partial charge in [0.2, 0.25) is 0 Å². The summed E-state index contributed by atoms with van der Waals surface area (Å²) in [4.78, 5) is 11.4. The lowest BCUT2D eigenvalue weighted by Crippen LogP contribution is -2.02. The molecule has 124 valence electrons. The standard InChI is InChI=1S/C19H18BrNO3/c1-23-16-6-7-18-17(10-16)15(12-22)11-21(18)9-8-14-4-2-3-5-19(14)24-13-20/h2-7,10-12H,8-9,13H2,1H3. The summed E-state index contributed by atoms with van der Waals surface area (Å²) in [6, 6.07) is 13.8. The second-order valence-electron chi connectivity index (χ2n) is 5.39. The summed E-state index contributed by atoms with van der Waals surface area (Å²) in [6.45, 7) is 0.763. The van der Waals surface area contributed by atoms with Gasteiger partial charge in [0.1, 0.15) is 17.0 Å². The van der Waals surface area contributed by atoms with E-state index < -0.39 is 0 Å². The highest BCUT2D eigenvalue weighted by Gasteiger charge is 2.10. The maximum Gasteiger partial charge on any atom is 0.152 e. The monoisotopic (exact) mass is 387 g/mol. The van der Waals surface area contributed by atoms with Crippen LogP contribution in [-0.4, -0.2) is 23.5 Å². The van der Waals surface area contributed by atoms with E-state index in [-0.39, 0.29) is 0 Å². The Hall–Kier alpha value is -2.27. The van der Waals surface area contributed by atoms with E-state index in [1.54, 1.807) is 7.11 Å². The largest absolute Gasteiger partial charge is 0.497 e. The number of aldehydes is 1. The zero-order valence-electron chi connectivity index (χ0n) is 13.4. The smallest absolute Gasteiger partial charge is 0.152 e. The summed E-state index contributed by atoms with van der Waals surface area (Å²) in [5.74, 6) is 1.63. The molecule has 0 amide bonds. The van der Waals surface area contributed by atoms with Gasteiger partial charge in [-0.2, -0.15) is 0 Å². The molecule has 0 spiro atoms. The van der Waals surface area contributed by atoms with Crippen molar-refractivity contribution in [1.29, 1.82) is 0 Å². The van der Waals surface area contributed by atoms with Gasteiger partial charge in [0, 0.05) is 29.2 Å². The summed E-state index contributed by atoms with van der Waals surface area (Å²) < 4.78 is 13.0. The Kier molecular flexibility index (Phi) is 5.20. The molecule has 0 unspecified atom stereocenters. The van der Waals surface area contributed by atoms with Crippen molar-refractivity contribution in [2.45, 2.75) is 13.0 Å². The van der Waals surface area contributed by atoms with Crippen LogP contribution in [-0.2, 0) is 13.0 Å². The van der Waals surface area contributed by atoms with Crippen LogP contribution in [0, 0.1) is 0 Å². The number of carbonyl (C=O) groups excluding carboxylic acids is 1. The van der Waals surface area contributed by atoms with Crippen LogP contribution in [0.15, 0.2) is 48.7 Å². The molecular weight excluding hydrogens is 370 g/mol. The van der Waals surface area contributed by atoms with Crippen molar-refractivity contribution in [3.63, 3.8) is 0 Å². The average molecular weight is 388 g/mol. The number of hydrogen-bond donors (Lipinski definition) is 0. The Labute approximate surface area is 149 Å². The number of carbonyl (C=O) groups is 1. The number of aryl methyl sites for hydroxylation is 2. The zero-order valence-corrected chi connectivity index (χ0v) is 15.0. The Morgan fingerprint density at radius 3 is 2.79 bits per heavy atom. The molecule has 4 nitrogen and oxygen atoms in total. The average Bonchev–Trinajstić information content (AvgIpc) is 2.98. The number of para-hydroxylation sites is 1. The number of fused-ring (bicyclic) bond motifs is 1. The fraction of sp³-hybridized carbons (Fsp3) is 0.211. The second-order valence-corrected chi connectivity index (χ2v) is 5.85. The first-order valence-corrected chi connectivity index (χ1v) is 8.77. The predicted octanol–water partition coefficient (Wildman–Crippen LogP) is 4.44. The first kappa shape index (κ1) is 16.6. The van der Waals surface area contributed by atoms with Gasteiger partial charge in [-0.05, 0) is 52.2 Å². The minimum absolute atomic E-state index is 0.464. The molecule has 2 aromatic carbocycles. The molecule has 3 aromatic rings. The minimum atomic E-state index is 0.464. The summed E-state index contributed by atoms with van der Waals surface area (Å²) in [7, 11) is 1.62. The van der Waals surface area contributed by atoms with Crippen LogP contribution < -0.4 is 9.47 Å². The van der Waals surface area contributed by atoms with E-state index >= 15 is 0 Å². The molecule has 0 aliphatic rings. The lowest BCUT2D eigenvalue weighted by atomic mass is 10.1. The molecule has 1 aromatic heterocycles. The summed E-state index contributed by atoms with van der Waals surface area (Å²) in [6.07, 6.45) is 3.60. The van der Waals surface area contributed by atoms with Crippen molar-refractivity contribution in [2.24, 2.45) is 0 Å². The lowest BCUT2D eigenvalue weighted by Gasteiger charge is -2.10. The highest BCUT2D eigenvalue weighted by Crippen LogP contribution is 2.26. The molecule has 0 saturated heterocycles. The Morgan fingerprint density at radius 2 is 2.04 bits per heavy atom. The van der Waals surface area contributed by atoms with Crippen LogP contribution in [0.3, 0.4) is 0 Å². The van der Waals surface area contributed by atoms with Crippen molar-refractivity contribution in [1.82, 2.24) is 4.57 Å². The zero-order chi connectivity index (χ0) is 16.9. The van der Waals surface area contributed by atoms with Crippen LogP contribution in [0.2, 0.25) is 0 Å². The number of halogens is 1. The number of aromatic nitrogens is 1. The molecule has 1 heterocycles. The highest BCUT2D eigenvalue weighted by atomic mass is 79.9. The van der Waals surface area contributed by atoms with E-state index in [1.165, 1.54) is 0 Å². The normalized spacial score (nSPS) is 10.8. The van der Waals surface area contributed by atoms with E-state index in [0.29, 0.717) is 11.1 Å². The summed E-state index contributed by atoms with van der Waals surface area (Å²) >= 11 is 3.30. The molecule has 5 heteroatoms. The van der Waals surface area contributed by atoms with Gasteiger partial charge in [-0.1, -0.05) is 18.2 Å². The van der Waals surface area contributed by atoms with Gasteiger partial charge in [-0.25, -0.2) is 0 Å². The quantitative estimate of drug-likeness (QED) is 0.444. The van der Waals surface area contributed by atoms with Crippen molar-refractivity contribution in [3.8, 4) is 11.5 Å². The highest BCUT2D eigenvalue weighted by molar-refractivity contribution is 9.09. The van der Waals surface area contributed by atoms with Gasteiger partial charge in [0.05, 0.1) is 7.11 Å². The number of alkyl halides is 1. The molecular formula is C19H18BrNO3. The third-order valence-electron chi connectivity index (χ3n) is 4.05. The number of hydrogen-bond acceptors (Lipinski definition) is 3. The Balaban J connectivity index is 1.89. The number of benzene rings is 2. The van der Waals surface area contributed by atoms with Crippen molar-refractivity contribution in [3.05, 3.63) is 59.8 Å². The Morgan fingerprint density at radius 1 is 1.21 bits per heavy atom. The molecule has 0 fully saturated rings. The van der Waals surface area contributed by atoms with Crippen LogP contribution in [0.25, 0.3) is 10.9 Å². The lowest BCUT2D eigenvalue weighted by molar-refractivity contribution is 0.112. The maximum absolute atomic E-state index is 11.4. The molecule has 0 aliphatic carbocycles. The van der Waals surface area contributed by atoms with Crippen LogP contribution in [0.5, 0.6) is 11.5 Å². The number of methoxy groups -OCH3 is 1. The topological polar surface area (TPSA) is 40.5 Å². The molecule has 3 rings (SSSR count). The number of nitrogens with zero attached hydrogens (tertiary/aromatic N) is 1. The predicted molar refractivity (Wildman–Crippen MR) is 98.4 cm³/mol. The van der Waals surface area contributed by atoms with E-state index in [4.69, 9.17) is 9.47 Å².